The van der Waals surface area contributed by atoms with Crippen LogP contribution in [0.25, 0.3) is 0 Å². The molecule has 0 bridgehead atoms. The normalized spacial score (nSPS) is 9.94. The van der Waals surface area contributed by atoms with Gasteiger partial charge in [0.25, 0.3) is 5.91 Å². The van der Waals surface area contributed by atoms with E-state index in [0.717, 1.165) is 6.07 Å². The molecule has 1 aromatic carbocycles. The molecule has 0 saturated carbocycles. The molecule has 18 heavy (non-hydrogen) atoms. The lowest BCUT2D eigenvalue weighted by molar-refractivity contribution is -0.141. The Morgan fingerprint density at radius 3 is 2.61 bits per heavy atom. The van der Waals surface area contributed by atoms with E-state index in [4.69, 9.17) is 5.73 Å². The quantitative estimate of drug-likeness (QED) is 0.643. The molecule has 0 aliphatic rings. The summed E-state index contributed by atoms with van der Waals surface area (Å²) in [5, 5.41) is 0. The minimum Gasteiger partial charge on any atom is -0.468 e. The Balaban J connectivity index is 2.89. The third-order valence-corrected chi connectivity index (χ3v) is 2.46. The number of halogens is 1. The fourth-order valence-corrected chi connectivity index (χ4v) is 1.39. The van der Waals surface area contributed by atoms with E-state index in [-0.39, 0.29) is 17.8 Å². The molecule has 0 spiro atoms. The van der Waals surface area contributed by atoms with Gasteiger partial charge >= 0.3 is 5.97 Å². The lowest BCUT2D eigenvalue weighted by atomic mass is 10.1. The van der Waals surface area contributed by atoms with Crippen LogP contribution in [0.1, 0.15) is 17.3 Å². The second-order valence-electron chi connectivity index (χ2n) is 3.63. The number of rotatable bonds is 4. The number of amides is 1. The number of hydrogen-bond acceptors (Lipinski definition) is 4. The predicted octanol–water partition coefficient (Wildman–Crippen LogP) is 1.04. The molecule has 0 unspecified atom stereocenters. The van der Waals surface area contributed by atoms with Gasteiger partial charge in [-0.2, -0.15) is 0 Å². The van der Waals surface area contributed by atoms with Gasteiger partial charge in [0, 0.05) is 12.1 Å². The first-order valence-corrected chi connectivity index (χ1v) is 5.40. The summed E-state index contributed by atoms with van der Waals surface area (Å²) in [5.74, 6) is -1.63. The molecule has 1 amide bonds. The van der Waals surface area contributed by atoms with E-state index in [1.165, 1.54) is 24.1 Å². The molecule has 0 aliphatic carbocycles. The van der Waals surface area contributed by atoms with Gasteiger partial charge in [0.2, 0.25) is 0 Å². The van der Waals surface area contributed by atoms with Crippen LogP contribution in [0.5, 0.6) is 0 Å². The van der Waals surface area contributed by atoms with Crippen molar-refractivity contribution in [2.45, 2.75) is 6.92 Å². The molecule has 0 saturated heterocycles. The Bertz CT molecular complexity index is 463. The second kappa shape index (κ2) is 6.00. The molecule has 6 heteroatoms. The SMILES string of the molecule is CCN(CC(=O)OC)C(=O)c1ccc(N)c(F)c1. The first kappa shape index (κ1) is 14.0. The molecule has 0 aliphatic heterocycles. The molecule has 1 rings (SSSR count). The highest BCUT2D eigenvalue weighted by atomic mass is 19.1. The van der Waals surface area contributed by atoms with Crippen LogP contribution in [0.4, 0.5) is 10.1 Å². The van der Waals surface area contributed by atoms with Gasteiger partial charge in [-0.25, -0.2) is 4.39 Å². The molecule has 98 valence electrons. The Morgan fingerprint density at radius 1 is 1.44 bits per heavy atom. The third kappa shape index (κ3) is 3.19. The molecule has 2 N–H and O–H groups in total. The number of nitrogens with zero attached hydrogens (tertiary/aromatic N) is 1. The number of hydrogen-bond donors (Lipinski definition) is 1. The van der Waals surface area contributed by atoms with Gasteiger partial charge in [0.1, 0.15) is 12.4 Å². The summed E-state index contributed by atoms with van der Waals surface area (Å²) < 4.78 is 17.7. The van der Waals surface area contributed by atoms with Crippen molar-refractivity contribution in [3.05, 3.63) is 29.6 Å². The zero-order valence-electron chi connectivity index (χ0n) is 10.3. The molecule has 0 fully saturated rings. The summed E-state index contributed by atoms with van der Waals surface area (Å²) in [7, 11) is 1.24. The lowest BCUT2D eigenvalue weighted by Crippen LogP contribution is -2.36. The van der Waals surface area contributed by atoms with E-state index in [0.29, 0.717) is 6.54 Å². The topological polar surface area (TPSA) is 72.6 Å². The van der Waals surface area contributed by atoms with E-state index >= 15 is 0 Å². The smallest absolute Gasteiger partial charge is 0.325 e. The van der Waals surface area contributed by atoms with E-state index in [2.05, 4.69) is 4.74 Å². The molecule has 0 aromatic heterocycles. The van der Waals surface area contributed by atoms with E-state index < -0.39 is 17.7 Å². The number of anilines is 1. The number of ether oxygens (including phenoxy) is 1. The number of esters is 1. The fourth-order valence-electron chi connectivity index (χ4n) is 1.39. The van der Waals surface area contributed by atoms with Gasteiger partial charge in [0.15, 0.2) is 0 Å². The average molecular weight is 254 g/mol. The highest BCUT2D eigenvalue weighted by Gasteiger charge is 2.18. The number of methoxy groups -OCH3 is 1. The number of carbonyl (C=O) groups is 2. The van der Waals surface area contributed by atoms with Crippen LogP contribution in [0, 0.1) is 5.82 Å². The third-order valence-electron chi connectivity index (χ3n) is 2.46. The van der Waals surface area contributed by atoms with Gasteiger partial charge in [-0.1, -0.05) is 0 Å². The van der Waals surface area contributed by atoms with Crippen molar-refractivity contribution in [1.82, 2.24) is 4.90 Å². The second-order valence-corrected chi connectivity index (χ2v) is 3.63. The van der Waals surface area contributed by atoms with Crippen molar-refractivity contribution in [3.8, 4) is 0 Å². The van der Waals surface area contributed by atoms with Gasteiger partial charge < -0.3 is 15.4 Å². The zero-order chi connectivity index (χ0) is 13.7. The van der Waals surface area contributed by atoms with Crippen LogP contribution in [0.3, 0.4) is 0 Å². The van der Waals surface area contributed by atoms with Gasteiger partial charge in [0.05, 0.1) is 12.8 Å². The Hall–Kier alpha value is -2.11. The molecule has 0 radical (unpaired) electrons. The lowest BCUT2D eigenvalue weighted by Gasteiger charge is -2.19. The van der Waals surface area contributed by atoms with E-state index in [1.54, 1.807) is 6.92 Å². The summed E-state index contributed by atoms with van der Waals surface area (Å²) in [4.78, 5) is 24.4. The maximum Gasteiger partial charge on any atom is 0.325 e. The van der Waals surface area contributed by atoms with Crippen LogP contribution in [-0.4, -0.2) is 37.0 Å². The fraction of sp³-hybridized carbons (Fsp3) is 0.333. The first-order chi connectivity index (χ1) is 8.49. The average Bonchev–Trinajstić information content (AvgIpc) is 2.38. The van der Waals surface area contributed by atoms with Gasteiger partial charge in [-0.3, -0.25) is 9.59 Å². The Morgan fingerprint density at radius 2 is 2.11 bits per heavy atom. The highest BCUT2D eigenvalue weighted by molar-refractivity contribution is 5.96. The summed E-state index contributed by atoms with van der Waals surface area (Å²) in [6.07, 6.45) is 0. The minimum absolute atomic E-state index is 0.0254. The highest BCUT2D eigenvalue weighted by Crippen LogP contribution is 2.13. The summed E-state index contributed by atoms with van der Waals surface area (Å²) >= 11 is 0. The monoisotopic (exact) mass is 254 g/mol. The number of nitrogens with two attached hydrogens (primary N) is 1. The Labute approximate surface area is 104 Å². The van der Waals surface area contributed by atoms with Crippen molar-refractivity contribution < 1.29 is 18.7 Å². The molecular weight excluding hydrogens is 239 g/mol. The molecular formula is C12H15FN2O3. The largest absolute Gasteiger partial charge is 0.468 e. The van der Waals surface area contributed by atoms with Crippen molar-refractivity contribution in [2.75, 3.05) is 25.9 Å². The number of benzene rings is 1. The number of nitrogen functional groups attached to an aromatic ring is 1. The Kier molecular flexibility index (Phi) is 4.65. The van der Waals surface area contributed by atoms with Crippen LogP contribution < -0.4 is 5.73 Å². The zero-order valence-corrected chi connectivity index (χ0v) is 10.3. The molecule has 1 aromatic rings. The van der Waals surface area contributed by atoms with Crippen molar-refractivity contribution in [1.29, 1.82) is 0 Å². The van der Waals surface area contributed by atoms with Crippen LogP contribution >= 0.6 is 0 Å². The summed E-state index contributed by atoms with van der Waals surface area (Å²) in [6, 6.07) is 3.78. The van der Waals surface area contributed by atoms with Gasteiger partial charge in [-0.05, 0) is 25.1 Å². The van der Waals surface area contributed by atoms with E-state index in [9.17, 15) is 14.0 Å². The molecule has 0 heterocycles. The number of carbonyl (C=O) groups excluding carboxylic acids is 2. The van der Waals surface area contributed by atoms with E-state index in [1.807, 2.05) is 0 Å². The minimum atomic E-state index is -0.657. The molecule has 0 atom stereocenters. The van der Waals surface area contributed by atoms with Crippen molar-refractivity contribution in [2.24, 2.45) is 0 Å². The van der Waals surface area contributed by atoms with Crippen LogP contribution in [0.15, 0.2) is 18.2 Å². The van der Waals surface area contributed by atoms with Gasteiger partial charge in [-0.15, -0.1) is 0 Å². The van der Waals surface area contributed by atoms with Crippen LogP contribution in [0.2, 0.25) is 0 Å². The van der Waals surface area contributed by atoms with Crippen molar-refractivity contribution >= 4 is 17.6 Å². The summed E-state index contributed by atoms with van der Waals surface area (Å²) in [6.45, 7) is 1.87. The van der Waals surface area contributed by atoms with Crippen LogP contribution in [-0.2, 0) is 9.53 Å². The summed E-state index contributed by atoms with van der Waals surface area (Å²) in [5.41, 5.74) is 5.45. The maximum atomic E-state index is 13.2. The standard InChI is InChI=1S/C12H15FN2O3/c1-3-15(7-11(16)18-2)12(17)8-4-5-10(14)9(13)6-8/h4-6H,3,7,14H2,1-2H3. The first-order valence-electron chi connectivity index (χ1n) is 5.40. The van der Waals surface area contributed by atoms with Crippen molar-refractivity contribution in [3.63, 3.8) is 0 Å². The predicted molar refractivity (Wildman–Crippen MR) is 64.4 cm³/mol. The maximum absolute atomic E-state index is 13.2. The molecule has 5 nitrogen and oxygen atoms in total. The number of likely N-dealkylation sites (N-methyl/N-ethyl adjacent to an activating group) is 1.